The lowest BCUT2D eigenvalue weighted by atomic mass is 9.98. The van der Waals surface area contributed by atoms with E-state index in [1.165, 1.54) is 128 Å². The van der Waals surface area contributed by atoms with Crippen molar-refractivity contribution in [1.82, 2.24) is 0 Å². The van der Waals surface area contributed by atoms with Crippen LogP contribution in [0.25, 0.3) is 0 Å². The molecule has 63 heavy (non-hydrogen) atoms. The molecule has 0 aromatic heterocycles. The summed E-state index contributed by atoms with van der Waals surface area (Å²) in [4.78, 5) is 13.0. The van der Waals surface area contributed by atoms with Crippen LogP contribution >= 0.6 is 0 Å². The standard InChI is InChI=1S/C49H92O14/c1-3-5-7-9-11-13-15-16-17-18-19-20-21-22-23-24-26-28-30-32-41(51)61-38(35-58-33-31-29-27-25-14-12-10-8-6-4-2)36-59-48-47(57)45(55)43(53)40(63-48)37-60-49-46(56)44(54)42(52)39(34-50)62-49/h16-17,38-40,42-50,52-57H,3-15,18-37H2,1-2H3/b17-16-. The Balaban J connectivity index is 1.74. The molecule has 2 saturated heterocycles. The first-order valence-corrected chi connectivity index (χ1v) is 25.3. The number of hydrogen-bond acceptors (Lipinski definition) is 14. The van der Waals surface area contributed by atoms with E-state index in [4.69, 9.17) is 28.4 Å². The van der Waals surface area contributed by atoms with Crippen molar-refractivity contribution >= 4 is 5.97 Å². The van der Waals surface area contributed by atoms with Gasteiger partial charge in [0.1, 0.15) is 54.9 Å². The Labute approximate surface area is 380 Å². The van der Waals surface area contributed by atoms with Gasteiger partial charge in [-0.1, -0.05) is 161 Å². The van der Waals surface area contributed by atoms with Crippen molar-refractivity contribution in [1.29, 1.82) is 0 Å². The van der Waals surface area contributed by atoms with Gasteiger partial charge in [-0.2, -0.15) is 0 Å². The number of aliphatic hydroxyl groups is 7. The Bertz CT molecular complexity index is 1100. The fourth-order valence-electron chi connectivity index (χ4n) is 8.10. The summed E-state index contributed by atoms with van der Waals surface area (Å²) in [5.74, 6) is -0.376. The van der Waals surface area contributed by atoms with Crippen molar-refractivity contribution in [3.8, 4) is 0 Å². The summed E-state index contributed by atoms with van der Waals surface area (Å²) in [6.07, 6.45) is 21.4. The van der Waals surface area contributed by atoms with Crippen molar-refractivity contribution in [3.63, 3.8) is 0 Å². The number of carbonyl (C=O) groups is 1. The highest BCUT2D eigenvalue weighted by molar-refractivity contribution is 5.69. The molecule has 0 aliphatic carbocycles. The molecule has 372 valence electrons. The van der Waals surface area contributed by atoms with Gasteiger partial charge in [-0.15, -0.1) is 0 Å². The van der Waals surface area contributed by atoms with Crippen molar-refractivity contribution in [2.24, 2.45) is 0 Å². The predicted octanol–water partition coefficient (Wildman–Crippen LogP) is 7.07. The topological polar surface area (TPSA) is 214 Å². The van der Waals surface area contributed by atoms with Gasteiger partial charge < -0.3 is 64.2 Å². The summed E-state index contributed by atoms with van der Waals surface area (Å²) >= 11 is 0. The third-order valence-corrected chi connectivity index (χ3v) is 12.3. The monoisotopic (exact) mass is 905 g/mol. The zero-order valence-corrected chi connectivity index (χ0v) is 39.3. The van der Waals surface area contributed by atoms with Crippen LogP contribution in [0.4, 0.5) is 0 Å². The zero-order valence-electron chi connectivity index (χ0n) is 39.3. The van der Waals surface area contributed by atoms with Gasteiger partial charge >= 0.3 is 5.97 Å². The normalized spacial score (nSPS) is 27.0. The molecule has 0 spiro atoms. The Morgan fingerprint density at radius 1 is 0.508 bits per heavy atom. The summed E-state index contributed by atoms with van der Waals surface area (Å²) in [5, 5.41) is 72.0. The summed E-state index contributed by atoms with van der Waals surface area (Å²) in [5.41, 5.74) is 0. The first-order valence-electron chi connectivity index (χ1n) is 25.3. The van der Waals surface area contributed by atoms with Gasteiger partial charge in [0.25, 0.3) is 0 Å². The number of rotatable bonds is 40. The second-order valence-electron chi connectivity index (χ2n) is 18.0. The first-order chi connectivity index (χ1) is 30.6. The molecule has 2 heterocycles. The fraction of sp³-hybridized carbons (Fsp3) is 0.939. The van der Waals surface area contributed by atoms with Gasteiger partial charge in [0.05, 0.1) is 26.4 Å². The second kappa shape index (κ2) is 37.8. The minimum absolute atomic E-state index is 0.0658. The molecule has 0 saturated carbocycles. The van der Waals surface area contributed by atoms with E-state index in [1.807, 2.05) is 0 Å². The Kier molecular flexibility index (Phi) is 34.7. The molecule has 0 aromatic carbocycles. The van der Waals surface area contributed by atoms with E-state index in [0.29, 0.717) is 13.0 Å². The third-order valence-electron chi connectivity index (χ3n) is 12.3. The number of esters is 1. The number of aliphatic hydroxyl groups excluding tert-OH is 7. The maximum absolute atomic E-state index is 13.0. The lowest BCUT2D eigenvalue weighted by molar-refractivity contribution is -0.332. The van der Waals surface area contributed by atoms with E-state index in [0.717, 1.165) is 38.5 Å². The molecule has 2 fully saturated rings. The summed E-state index contributed by atoms with van der Waals surface area (Å²) in [7, 11) is 0. The SMILES string of the molecule is CCCCCCCC/C=C\CCCCCCCCCCCC(=O)OC(COCCCCCCCCCCCC)COC1OC(COC2OC(CO)C(O)C(O)C2O)C(O)C(O)C1O. The largest absolute Gasteiger partial charge is 0.457 e. The number of allylic oxidation sites excluding steroid dienone is 2. The van der Waals surface area contributed by atoms with Crippen LogP contribution in [0.2, 0.25) is 0 Å². The van der Waals surface area contributed by atoms with Crippen molar-refractivity contribution in [2.75, 3.05) is 33.0 Å². The van der Waals surface area contributed by atoms with Gasteiger partial charge in [-0.3, -0.25) is 4.79 Å². The number of ether oxygens (including phenoxy) is 6. The van der Waals surface area contributed by atoms with E-state index < -0.39 is 80.7 Å². The van der Waals surface area contributed by atoms with Crippen LogP contribution in [0.3, 0.4) is 0 Å². The molecule has 7 N–H and O–H groups in total. The Morgan fingerprint density at radius 2 is 0.937 bits per heavy atom. The highest BCUT2D eigenvalue weighted by Crippen LogP contribution is 2.26. The third kappa shape index (κ3) is 26.0. The maximum Gasteiger partial charge on any atom is 0.306 e. The molecule has 11 atom stereocenters. The van der Waals surface area contributed by atoms with Crippen LogP contribution in [0.1, 0.15) is 194 Å². The lowest BCUT2D eigenvalue weighted by Gasteiger charge is -2.42. The average Bonchev–Trinajstić information content (AvgIpc) is 3.28. The van der Waals surface area contributed by atoms with Crippen LogP contribution in [0, 0.1) is 0 Å². The smallest absolute Gasteiger partial charge is 0.306 e. The molecule has 0 aromatic rings. The number of unbranched alkanes of at least 4 members (excludes halogenated alkanes) is 24. The van der Waals surface area contributed by atoms with Crippen LogP contribution in [-0.4, -0.2) is 142 Å². The van der Waals surface area contributed by atoms with Crippen LogP contribution in [0.15, 0.2) is 12.2 Å². The molecule has 14 heteroatoms. The van der Waals surface area contributed by atoms with Crippen LogP contribution in [0.5, 0.6) is 0 Å². The van der Waals surface area contributed by atoms with Crippen molar-refractivity contribution in [3.05, 3.63) is 12.2 Å². The fourth-order valence-corrected chi connectivity index (χ4v) is 8.10. The molecule has 11 unspecified atom stereocenters. The van der Waals surface area contributed by atoms with E-state index in [1.54, 1.807) is 0 Å². The summed E-state index contributed by atoms with van der Waals surface area (Å²) in [6.45, 7) is 3.69. The minimum Gasteiger partial charge on any atom is -0.457 e. The summed E-state index contributed by atoms with van der Waals surface area (Å²) < 4.78 is 34.2. The van der Waals surface area contributed by atoms with Crippen LogP contribution in [-0.2, 0) is 33.2 Å². The molecular formula is C49H92O14. The number of carbonyl (C=O) groups excluding carboxylic acids is 1. The first kappa shape index (κ1) is 57.9. The second-order valence-corrected chi connectivity index (χ2v) is 18.0. The van der Waals surface area contributed by atoms with E-state index >= 15 is 0 Å². The molecule has 0 radical (unpaired) electrons. The van der Waals surface area contributed by atoms with Gasteiger partial charge in [0.15, 0.2) is 12.6 Å². The van der Waals surface area contributed by atoms with E-state index in [9.17, 15) is 40.5 Å². The lowest BCUT2D eigenvalue weighted by Crippen LogP contribution is -2.61. The van der Waals surface area contributed by atoms with Gasteiger partial charge in [0, 0.05) is 13.0 Å². The van der Waals surface area contributed by atoms with E-state index in [2.05, 4.69) is 26.0 Å². The molecule has 14 nitrogen and oxygen atoms in total. The zero-order chi connectivity index (χ0) is 45.9. The molecular weight excluding hydrogens is 813 g/mol. The van der Waals surface area contributed by atoms with Crippen molar-refractivity contribution < 1.29 is 69.0 Å². The quantitative estimate of drug-likeness (QED) is 0.0186. The van der Waals surface area contributed by atoms with Crippen molar-refractivity contribution in [2.45, 2.75) is 261 Å². The Morgan fingerprint density at radius 3 is 1.44 bits per heavy atom. The number of hydrogen-bond donors (Lipinski definition) is 7. The van der Waals surface area contributed by atoms with Gasteiger partial charge in [-0.05, 0) is 38.5 Å². The minimum atomic E-state index is -1.70. The van der Waals surface area contributed by atoms with E-state index in [-0.39, 0.29) is 25.6 Å². The van der Waals surface area contributed by atoms with Crippen LogP contribution < -0.4 is 0 Å². The maximum atomic E-state index is 13.0. The van der Waals surface area contributed by atoms with Gasteiger partial charge in [0.2, 0.25) is 0 Å². The molecule has 2 aliphatic rings. The molecule has 2 aliphatic heterocycles. The highest BCUT2D eigenvalue weighted by atomic mass is 16.7. The molecule has 0 amide bonds. The molecule has 2 rings (SSSR count). The average molecular weight is 905 g/mol. The summed E-state index contributed by atoms with van der Waals surface area (Å²) in [6, 6.07) is 0. The molecule has 0 bridgehead atoms. The predicted molar refractivity (Wildman–Crippen MR) is 243 cm³/mol. The Hall–Kier alpha value is -1.27. The van der Waals surface area contributed by atoms with Gasteiger partial charge in [-0.25, -0.2) is 0 Å². The highest BCUT2D eigenvalue weighted by Gasteiger charge is 2.47.